The number of hydrogen-bond donors (Lipinski definition) is 1. The Kier molecular flexibility index (Phi) is 4.29. The molecule has 17 heavy (non-hydrogen) atoms. The Bertz CT molecular complexity index is 450. The molecule has 2 rings (SSSR count). The minimum absolute atomic E-state index is 0.567. The summed E-state index contributed by atoms with van der Waals surface area (Å²) in [5.41, 5.74) is 1.20. The van der Waals surface area contributed by atoms with Crippen LogP contribution in [0.1, 0.15) is 25.1 Å². The van der Waals surface area contributed by atoms with Crippen molar-refractivity contribution >= 4 is 11.3 Å². The summed E-state index contributed by atoms with van der Waals surface area (Å²) in [6.45, 7) is 5.32. The van der Waals surface area contributed by atoms with E-state index in [2.05, 4.69) is 36.3 Å². The molecule has 0 aliphatic carbocycles. The Morgan fingerprint density at radius 2 is 2.06 bits per heavy atom. The van der Waals surface area contributed by atoms with Crippen LogP contribution < -0.4 is 5.32 Å². The summed E-state index contributed by atoms with van der Waals surface area (Å²) in [6, 6.07) is 10.9. The monoisotopic (exact) mass is 246 g/mol. The maximum absolute atomic E-state index is 4.47. The van der Waals surface area contributed by atoms with Gasteiger partial charge in [-0.05, 0) is 13.3 Å². The van der Waals surface area contributed by atoms with E-state index < -0.39 is 0 Å². The third kappa shape index (κ3) is 3.38. The van der Waals surface area contributed by atoms with Gasteiger partial charge in [0.1, 0.15) is 5.01 Å². The summed E-state index contributed by atoms with van der Waals surface area (Å²) in [4.78, 5) is 5.76. The standard InChI is InChI=1S/C14H18N2S/c1-3-11(2)15-9-13-10-16-14(17-13)12-7-5-4-6-8-12/h4-8,10-11,15H,3,9H2,1-2H3. The highest BCUT2D eigenvalue weighted by atomic mass is 32.1. The number of thiazole rings is 1. The van der Waals surface area contributed by atoms with Crippen LogP contribution in [-0.4, -0.2) is 11.0 Å². The molecule has 0 bridgehead atoms. The van der Waals surface area contributed by atoms with Crippen molar-refractivity contribution in [1.82, 2.24) is 10.3 Å². The topological polar surface area (TPSA) is 24.9 Å². The zero-order valence-corrected chi connectivity index (χ0v) is 11.1. The number of hydrogen-bond acceptors (Lipinski definition) is 3. The van der Waals surface area contributed by atoms with Crippen LogP contribution >= 0.6 is 11.3 Å². The first-order valence-corrected chi connectivity index (χ1v) is 6.84. The smallest absolute Gasteiger partial charge is 0.123 e. The Morgan fingerprint density at radius 1 is 1.29 bits per heavy atom. The SMILES string of the molecule is CCC(C)NCc1cnc(-c2ccccc2)s1. The molecule has 0 radical (unpaired) electrons. The van der Waals surface area contributed by atoms with Crippen molar-refractivity contribution in [2.24, 2.45) is 0 Å². The predicted molar refractivity (Wildman–Crippen MR) is 74.1 cm³/mol. The van der Waals surface area contributed by atoms with Crippen molar-refractivity contribution in [3.05, 3.63) is 41.4 Å². The van der Waals surface area contributed by atoms with Gasteiger partial charge in [0.15, 0.2) is 0 Å². The molecular formula is C14H18N2S. The van der Waals surface area contributed by atoms with Gasteiger partial charge in [0.25, 0.3) is 0 Å². The highest BCUT2D eigenvalue weighted by molar-refractivity contribution is 7.15. The van der Waals surface area contributed by atoms with E-state index in [1.807, 2.05) is 24.4 Å². The molecule has 3 heteroatoms. The molecule has 0 amide bonds. The second-order valence-electron chi connectivity index (χ2n) is 4.19. The lowest BCUT2D eigenvalue weighted by Gasteiger charge is -2.08. The maximum atomic E-state index is 4.47. The molecular weight excluding hydrogens is 228 g/mol. The van der Waals surface area contributed by atoms with Gasteiger partial charge in [0.05, 0.1) is 0 Å². The van der Waals surface area contributed by atoms with Crippen LogP contribution in [0.4, 0.5) is 0 Å². The van der Waals surface area contributed by atoms with Gasteiger partial charge in [-0.3, -0.25) is 0 Å². The zero-order valence-electron chi connectivity index (χ0n) is 10.3. The van der Waals surface area contributed by atoms with E-state index in [0.717, 1.165) is 18.0 Å². The van der Waals surface area contributed by atoms with Gasteiger partial charge in [0.2, 0.25) is 0 Å². The van der Waals surface area contributed by atoms with Crippen molar-refractivity contribution in [2.45, 2.75) is 32.9 Å². The van der Waals surface area contributed by atoms with Gasteiger partial charge in [-0.1, -0.05) is 37.3 Å². The van der Waals surface area contributed by atoms with Crippen LogP contribution in [0.15, 0.2) is 36.5 Å². The summed E-state index contributed by atoms with van der Waals surface area (Å²) in [5, 5.41) is 4.59. The summed E-state index contributed by atoms with van der Waals surface area (Å²) >= 11 is 1.76. The molecule has 0 spiro atoms. The summed E-state index contributed by atoms with van der Waals surface area (Å²) in [6.07, 6.45) is 3.13. The highest BCUT2D eigenvalue weighted by Gasteiger charge is 2.05. The van der Waals surface area contributed by atoms with E-state index in [4.69, 9.17) is 0 Å². The molecule has 1 atom stereocenters. The summed E-state index contributed by atoms with van der Waals surface area (Å²) in [5.74, 6) is 0. The number of rotatable bonds is 5. The van der Waals surface area contributed by atoms with Crippen molar-refractivity contribution in [2.75, 3.05) is 0 Å². The maximum Gasteiger partial charge on any atom is 0.123 e. The van der Waals surface area contributed by atoms with Crippen LogP contribution in [0.2, 0.25) is 0 Å². The van der Waals surface area contributed by atoms with Crippen LogP contribution in [0.25, 0.3) is 10.6 Å². The fraction of sp³-hybridized carbons (Fsp3) is 0.357. The van der Waals surface area contributed by atoms with Gasteiger partial charge in [-0.15, -0.1) is 11.3 Å². The lowest BCUT2D eigenvalue weighted by Crippen LogP contribution is -2.23. The van der Waals surface area contributed by atoms with E-state index >= 15 is 0 Å². The van der Waals surface area contributed by atoms with Crippen molar-refractivity contribution < 1.29 is 0 Å². The van der Waals surface area contributed by atoms with E-state index in [1.54, 1.807) is 11.3 Å². The van der Waals surface area contributed by atoms with Crippen LogP contribution in [0.3, 0.4) is 0 Å². The van der Waals surface area contributed by atoms with Crippen molar-refractivity contribution in [3.8, 4) is 10.6 Å². The molecule has 1 aromatic heterocycles. The van der Waals surface area contributed by atoms with E-state index in [9.17, 15) is 0 Å². The number of benzene rings is 1. The normalized spacial score (nSPS) is 12.6. The quantitative estimate of drug-likeness (QED) is 0.870. The second kappa shape index (κ2) is 5.94. The molecule has 2 aromatic rings. The molecule has 0 saturated carbocycles. The minimum Gasteiger partial charge on any atom is -0.309 e. The lowest BCUT2D eigenvalue weighted by atomic mass is 10.2. The second-order valence-corrected chi connectivity index (χ2v) is 5.30. The molecule has 1 heterocycles. The molecule has 0 fully saturated rings. The van der Waals surface area contributed by atoms with E-state index in [1.165, 1.54) is 10.4 Å². The first-order chi connectivity index (χ1) is 8.29. The highest BCUT2D eigenvalue weighted by Crippen LogP contribution is 2.24. The Labute approximate surface area is 107 Å². The van der Waals surface area contributed by atoms with E-state index in [-0.39, 0.29) is 0 Å². The van der Waals surface area contributed by atoms with Gasteiger partial charge in [-0.25, -0.2) is 4.98 Å². The molecule has 2 nitrogen and oxygen atoms in total. The molecule has 1 N–H and O–H groups in total. The Balaban J connectivity index is 2.01. The molecule has 90 valence electrons. The number of nitrogens with zero attached hydrogens (tertiary/aromatic N) is 1. The van der Waals surface area contributed by atoms with Crippen molar-refractivity contribution in [1.29, 1.82) is 0 Å². The Hall–Kier alpha value is -1.19. The van der Waals surface area contributed by atoms with Crippen LogP contribution in [0.5, 0.6) is 0 Å². The fourth-order valence-corrected chi connectivity index (χ4v) is 2.39. The first kappa shape index (κ1) is 12.3. The average molecular weight is 246 g/mol. The fourth-order valence-electron chi connectivity index (χ4n) is 1.52. The van der Waals surface area contributed by atoms with Crippen LogP contribution in [0, 0.1) is 0 Å². The number of aromatic nitrogens is 1. The molecule has 0 aliphatic rings. The number of nitrogens with one attached hydrogen (secondary N) is 1. The third-order valence-corrected chi connectivity index (χ3v) is 3.86. The molecule has 0 aliphatic heterocycles. The molecule has 1 unspecified atom stereocenters. The largest absolute Gasteiger partial charge is 0.309 e. The summed E-state index contributed by atoms with van der Waals surface area (Å²) in [7, 11) is 0. The third-order valence-electron chi connectivity index (χ3n) is 2.81. The molecule has 1 aromatic carbocycles. The predicted octanol–water partition coefficient (Wildman–Crippen LogP) is 3.70. The van der Waals surface area contributed by atoms with Gasteiger partial charge in [-0.2, -0.15) is 0 Å². The van der Waals surface area contributed by atoms with Crippen molar-refractivity contribution in [3.63, 3.8) is 0 Å². The molecule has 0 saturated heterocycles. The average Bonchev–Trinajstić information content (AvgIpc) is 2.86. The van der Waals surface area contributed by atoms with Gasteiger partial charge < -0.3 is 5.32 Å². The summed E-state index contributed by atoms with van der Waals surface area (Å²) < 4.78 is 0. The van der Waals surface area contributed by atoms with Gasteiger partial charge in [0, 0.05) is 29.2 Å². The lowest BCUT2D eigenvalue weighted by molar-refractivity contribution is 0.537. The van der Waals surface area contributed by atoms with Gasteiger partial charge >= 0.3 is 0 Å². The minimum atomic E-state index is 0.567. The Morgan fingerprint density at radius 3 is 2.76 bits per heavy atom. The zero-order chi connectivity index (χ0) is 12.1. The van der Waals surface area contributed by atoms with E-state index in [0.29, 0.717) is 6.04 Å². The first-order valence-electron chi connectivity index (χ1n) is 6.03. The van der Waals surface area contributed by atoms with Crippen LogP contribution in [-0.2, 0) is 6.54 Å².